The molecule has 3 heterocycles. The molecule has 1 aliphatic rings. The van der Waals surface area contributed by atoms with Crippen LogP contribution in [0.4, 0.5) is 0 Å². The lowest BCUT2D eigenvalue weighted by Gasteiger charge is -2.33. The van der Waals surface area contributed by atoms with Crippen LogP contribution in [0, 0.1) is 0 Å². The molecular formula is C34H40N6O4. The van der Waals surface area contributed by atoms with Crippen LogP contribution in [0.15, 0.2) is 71.5 Å². The standard InChI is InChI=1S/C34H40N6O4/c1-43-18-6-17-39-30-9-4-3-8-28(30)36-33(39)24-7-5-16-38(22-24)32(41)20-25(35)19-23-10-12-26(13-11-23)40-31-15-14-27(44-2)21-29(31)37-34(40)42/h3-4,8-15,21,24-25H,5-7,16-20,22,35H2,1-2H3,(H,37,42). The topological polar surface area (TPSA) is 120 Å². The quantitative estimate of drug-likeness (QED) is 0.219. The number of ether oxygens (including phenoxy) is 2. The zero-order valence-electron chi connectivity index (χ0n) is 25.4. The van der Waals surface area contributed by atoms with Crippen molar-refractivity contribution in [3.05, 3.63) is 88.6 Å². The van der Waals surface area contributed by atoms with Crippen molar-refractivity contribution >= 4 is 28.0 Å². The Morgan fingerprint density at radius 1 is 1.09 bits per heavy atom. The molecule has 1 amide bonds. The number of carbonyl (C=O) groups is 1. The number of nitrogens with zero attached hydrogens (tertiary/aromatic N) is 4. The second-order valence-electron chi connectivity index (χ2n) is 11.6. The van der Waals surface area contributed by atoms with E-state index < -0.39 is 0 Å². The number of benzene rings is 3. The fraction of sp³-hybridized carbons (Fsp3) is 0.382. The van der Waals surface area contributed by atoms with E-state index in [-0.39, 0.29) is 30.0 Å². The highest BCUT2D eigenvalue weighted by molar-refractivity contribution is 5.79. The summed E-state index contributed by atoms with van der Waals surface area (Å²) in [5.41, 5.74) is 11.7. The highest BCUT2D eigenvalue weighted by Gasteiger charge is 2.29. The summed E-state index contributed by atoms with van der Waals surface area (Å²) in [5, 5.41) is 0. The second-order valence-corrected chi connectivity index (χ2v) is 11.6. The number of aromatic amines is 1. The summed E-state index contributed by atoms with van der Waals surface area (Å²) in [4.78, 5) is 36.0. The van der Waals surface area contributed by atoms with Gasteiger partial charge < -0.3 is 29.7 Å². The minimum atomic E-state index is -0.310. The molecule has 0 bridgehead atoms. The van der Waals surface area contributed by atoms with Crippen LogP contribution in [0.1, 0.15) is 43.0 Å². The number of para-hydroxylation sites is 2. The molecule has 1 aliphatic heterocycles. The van der Waals surface area contributed by atoms with Gasteiger partial charge in [0.05, 0.1) is 34.9 Å². The molecule has 3 aromatic carbocycles. The Kier molecular flexibility index (Phi) is 8.81. The molecule has 0 spiro atoms. The first kappa shape index (κ1) is 29.7. The van der Waals surface area contributed by atoms with Crippen LogP contribution >= 0.6 is 0 Å². The van der Waals surface area contributed by atoms with E-state index in [1.807, 2.05) is 53.4 Å². The maximum absolute atomic E-state index is 13.4. The number of piperidine rings is 1. The van der Waals surface area contributed by atoms with Gasteiger partial charge in [0.1, 0.15) is 11.6 Å². The van der Waals surface area contributed by atoms with E-state index in [1.165, 1.54) is 0 Å². The van der Waals surface area contributed by atoms with Gasteiger partial charge in [0, 0.05) is 57.8 Å². The largest absolute Gasteiger partial charge is 0.497 e. The number of methoxy groups -OCH3 is 2. The summed E-state index contributed by atoms with van der Waals surface area (Å²) < 4.78 is 14.5. The molecule has 2 unspecified atom stereocenters. The Morgan fingerprint density at radius 2 is 1.91 bits per heavy atom. The fourth-order valence-corrected chi connectivity index (χ4v) is 6.41. The predicted molar refractivity (Wildman–Crippen MR) is 172 cm³/mol. The third-order valence-electron chi connectivity index (χ3n) is 8.57. The first-order valence-electron chi connectivity index (χ1n) is 15.3. The number of hydrogen-bond donors (Lipinski definition) is 2. The summed E-state index contributed by atoms with van der Waals surface area (Å²) in [6, 6.07) is 21.2. The van der Waals surface area contributed by atoms with Gasteiger partial charge in [-0.3, -0.25) is 9.36 Å². The highest BCUT2D eigenvalue weighted by Crippen LogP contribution is 2.30. The number of amides is 1. The van der Waals surface area contributed by atoms with Gasteiger partial charge in [0.15, 0.2) is 0 Å². The fourth-order valence-electron chi connectivity index (χ4n) is 6.41. The molecule has 1 saturated heterocycles. The minimum absolute atomic E-state index is 0.0848. The summed E-state index contributed by atoms with van der Waals surface area (Å²) in [7, 11) is 3.32. The number of nitrogens with one attached hydrogen (secondary N) is 1. The van der Waals surface area contributed by atoms with Crippen molar-refractivity contribution < 1.29 is 14.3 Å². The number of aromatic nitrogens is 4. The number of H-pyrrole nitrogens is 1. The third kappa shape index (κ3) is 6.13. The molecule has 0 radical (unpaired) electrons. The number of rotatable bonds is 11. The number of hydrogen-bond acceptors (Lipinski definition) is 6. The lowest BCUT2D eigenvalue weighted by atomic mass is 9.96. The molecule has 2 aromatic heterocycles. The van der Waals surface area contributed by atoms with Gasteiger partial charge in [-0.05, 0) is 67.6 Å². The van der Waals surface area contributed by atoms with Crippen molar-refractivity contribution in [2.75, 3.05) is 33.9 Å². The highest BCUT2D eigenvalue weighted by atomic mass is 16.5. The van der Waals surface area contributed by atoms with Crippen molar-refractivity contribution in [3.8, 4) is 11.4 Å². The molecule has 10 heteroatoms. The molecule has 0 aliphatic carbocycles. The predicted octanol–water partition coefficient (Wildman–Crippen LogP) is 4.38. The summed E-state index contributed by atoms with van der Waals surface area (Å²) in [6.07, 6.45) is 3.70. The lowest BCUT2D eigenvalue weighted by molar-refractivity contribution is -0.132. The Bertz CT molecular complexity index is 1800. The molecule has 230 valence electrons. The first-order valence-corrected chi connectivity index (χ1v) is 15.3. The molecule has 3 N–H and O–H groups in total. The number of imidazole rings is 2. The Hall–Kier alpha value is -4.41. The van der Waals surface area contributed by atoms with Crippen molar-refractivity contribution in [1.82, 2.24) is 24.0 Å². The number of fused-ring (bicyclic) bond motifs is 2. The van der Waals surface area contributed by atoms with Gasteiger partial charge in [0.2, 0.25) is 5.91 Å². The summed E-state index contributed by atoms with van der Waals surface area (Å²) in [6.45, 7) is 2.92. The van der Waals surface area contributed by atoms with Crippen LogP contribution in [-0.2, 0) is 22.5 Å². The molecular weight excluding hydrogens is 556 g/mol. The van der Waals surface area contributed by atoms with Gasteiger partial charge in [-0.1, -0.05) is 24.3 Å². The average molecular weight is 597 g/mol. The average Bonchev–Trinajstić information content (AvgIpc) is 3.58. The van der Waals surface area contributed by atoms with Gasteiger partial charge in [-0.2, -0.15) is 0 Å². The van der Waals surface area contributed by atoms with Crippen molar-refractivity contribution in [1.29, 1.82) is 0 Å². The Labute approximate surface area is 256 Å². The van der Waals surface area contributed by atoms with Crippen LogP contribution in [0.3, 0.4) is 0 Å². The summed E-state index contributed by atoms with van der Waals surface area (Å²) in [5.74, 6) is 2.00. The molecule has 2 atom stereocenters. The summed E-state index contributed by atoms with van der Waals surface area (Å²) >= 11 is 0. The maximum atomic E-state index is 13.4. The normalized spacial score (nSPS) is 16.1. The van der Waals surface area contributed by atoms with Crippen molar-refractivity contribution in [2.45, 2.75) is 50.6 Å². The number of carbonyl (C=O) groups excluding carboxylic acids is 1. The Morgan fingerprint density at radius 3 is 2.70 bits per heavy atom. The molecule has 44 heavy (non-hydrogen) atoms. The molecule has 0 saturated carbocycles. The first-order chi connectivity index (χ1) is 21.4. The van der Waals surface area contributed by atoms with Crippen LogP contribution in [-0.4, -0.2) is 69.9 Å². The Balaban J connectivity index is 1.10. The van der Waals surface area contributed by atoms with Crippen LogP contribution in [0.25, 0.3) is 27.8 Å². The van der Waals surface area contributed by atoms with E-state index >= 15 is 0 Å². The molecule has 5 aromatic rings. The lowest BCUT2D eigenvalue weighted by Crippen LogP contribution is -2.42. The molecule has 1 fully saturated rings. The number of aryl methyl sites for hydroxylation is 1. The number of nitrogens with two attached hydrogens (primary N) is 1. The molecule has 6 rings (SSSR count). The van der Waals surface area contributed by atoms with E-state index in [0.717, 1.165) is 66.0 Å². The number of likely N-dealkylation sites (tertiary alicyclic amines) is 1. The van der Waals surface area contributed by atoms with Gasteiger partial charge in [-0.25, -0.2) is 9.78 Å². The second kappa shape index (κ2) is 13.1. The smallest absolute Gasteiger partial charge is 0.331 e. The zero-order valence-corrected chi connectivity index (χ0v) is 25.4. The van der Waals surface area contributed by atoms with E-state index in [9.17, 15) is 9.59 Å². The monoisotopic (exact) mass is 596 g/mol. The maximum Gasteiger partial charge on any atom is 0.331 e. The van der Waals surface area contributed by atoms with Gasteiger partial charge in [-0.15, -0.1) is 0 Å². The van der Waals surface area contributed by atoms with E-state index in [2.05, 4.69) is 21.7 Å². The third-order valence-corrected chi connectivity index (χ3v) is 8.57. The van der Waals surface area contributed by atoms with Crippen molar-refractivity contribution in [3.63, 3.8) is 0 Å². The van der Waals surface area contributed by atoms with E-state index in [4.69, 9.17) is 20.2 Å². The zero-order chi connectivity index (χ0) is 30.6. The van der Waals surface area contributed by atoms with Crippen LogP contribution in [0.5, 0.6) is 5.75 Å². The van der Waals surface area contributed by atoms with Gasteiger partial charge >= 0.3 is 5.69 Å². The van der Waals surface area contributed by atoms with Crippen molar-refractivity contribution in [2.24, 2.45) is 5.73 Å². The van der Waals surface area contributed by atoms with Crippen LogP contribution in [0.2, 0.25) is 0 Å². The minimum Gasteiger partial charge on any atom is -0.497 e. The van der Waals surface area contributed by atoms with Crippen LogP contribution < -0.4 is 16.2 Å². The van der Waals surface area contributed by atoms with Gasteiger partial charge in [0.25, 0.3) is 0 Å². The van der Waals surface area contributed by atoms with E-state index in [0.29, 0.717) is 30.8 Å². The molecule has 10 nitrogen and oxygen atoms in total. The SMILES string of the molecule is COCCCn1c(C2CCCN(C(=O)CC(N)Cc3ccc(-n4c(=O)[nH]c5cc(OC)ccc54)cc3)C2)nc2ccccc21. The van der Waals surface area contributed by atoms with E-state index in [1.54, 1.807) is 24.9 Å².